The van der Waals surface area contributed by atoms with Crippen LogP contribution in [0.3, 0.4) is 0 Å². The van der Waals surface area contributed by atoms with E-state index in [2.05, 4.69) is 38.8 Å². The van der Waals surface area contributed by atoms with Crippen LogP contribution in [0.4, 0.5) is 0 Å². The zero-order valence-electron chi connectivity index (χ0n) is 13.8. The van der Waals surface area contributed by atoms with Crippen molar-refractivity contribution in [3.05, 3.63) is 32.2 Å². The summed E-state index contributed by atoms with van der Waals surface area (Å²) in [7, 11) is 0. The van der Waals surface area contributed by atoms with E-state index >= 15 is 0 Å². The molecule has 0 radical (unpaired) electrons. The van der Waals surface area contributed by atoms with Crippen molar-refractivity contribution in [3.63, 3.8) is 0 Å². The molecule has 0 saturated heterocycles. The molecule has 128 valence electrons. The average Bonchev–Trinajstić information content (AvgIpc) is 2.44. The monoisotopic (exact) mass is 448 g/mol. The molecule has 6 heteroatoms. The lowest BCUT2D eigenvalue weighted by atomic mass is 9.86. The lowest BCUT2D eigenvalue weighted by Gasteiger charge is -2.30. The average molecular weight is 450 g/mol. The van der Waals surface area contributed by atoms with Gasteiger partial charge in [0.05, 0.1) is 11.1 Å². The number of carbonyl (C=O) groups excluding carboxylic acids is 1. The number of hydrogen-bond acceptors (Lipinski definition) is 3. The highest BCUT2D eigenvalue weighted by Gasteiger charge is 2.30. The summed E-state index contributed by atoms with van der Waals surface area (Å²) in [5, 5.41) is 9.32. The maximum absolute atomic E-state index is 12.5. The predicted octanol–water partition coefficient (Wildman–Crippen LogP) is 5.67. The van der Waals surface area contributed by atoms with E-state index in [0.717, 1.165) is 19.3 Å². The van der Waals surface area contributed by atoms with Crippen LogP contribution in [0.5, 0.6) is 0 Å². The number of benzene rings is 1. The zero-order chi connectivity index (χ0) is 17.8. The van der Waals surface area contributed by atoms with Gasteiger partial charge in [-0.25, -0.2) is 9.59 Å². The summed E-state index contributed by atoms with van der Waals surface area (Å²) in [5.74, 6) is -1.77. The molecule has 1 aromatic carbocycles. The Kier molecular flexibility index (Phi) is 7.27. The van der Waals surface area contributed by atoms with Crippen LogP contribution in [0.2, 0.25) is 0 Å². The molecule has 4 nitrogen and oxygen atoms in total. The topological polar surface area (TPSA) is 63.6 Å². The molecular weight excluding hydrogens is 428 g/mol. The third-order valence-electron chi connectivity index (χ3n) is 3.55. The third kappa shape index (κ3) is 5.60. The van der Waals surface area contributed by atoms with Gasteiger partial charge in [0.15, 0.2) is 0 Å². The van der Waals surface area contributed by atoms with Gasteiger partial charge in [-0.3, -0.25) is 0 Å². The molecule has 0 fully saturated rings. The summed E-state index contributed by atoms with van der Waals surface area (Å²) in [5.41, 5.74) is -0.229. The second-order valence-corrected chi connectivity index (χ2v) is 8.23. The van der Waals surface area contributed by atoms with Crippen molar-refractivity contribution in [2.24, 2.45) is 5.41 Å². The molecule has 0 aromatic heterocycles. The number of halogens is 2. The van der Waals surface area contributed by atoms with Crippen molar-refractivity contribution in [3.8, 4) is 0 Å². The number of unbranched alkanes of at least 4 members (excludes halogenated alkanes) is 1. The van der Waals surface area contributed by atoms with E-state index in [-0.39, 0.29) is 22.6 Å². The first-order chi connectivity index (χ1) is 10.6. The minimum Gasteiger partial charge on any atom is -0.478 e. The van der Waals surface area contributed by atoms with Crippen LogP contribution >= 0.6 is 31.9 Å². The second kappa shape index (κ2) is 8.29. The fraction of sp³-hybridized carbons (Fsp3) is 0.529. The number of rotatable bonds is 6. The first-order valence-corrected chi connectivity index (χ1v) is 9.09. The number of hydrogen-bond donors (Lipinski definition) is 1. The Morgan fingerprint density at radius 1 is 1.17 bits per heavy atom. The van der Waals surface area contributed by atoms with Gasteiger partial charge in [-0.15, -0.1) is 0 Å². The van der Waals surface area contributed by atoms with Crippen LogP contribution in [-0.4, -0.2) is 23.1 Å². The largest absolute Gasteiger partial charge is 0.478 e. The lowest BCUT2D eigenvalue weighted by Crippen LogP contribution is -2.32. The van der Waals surface area contributed by atoms with E-state index in [1.807, 2.05) is 20.8 Å². The second-order valence-electron chi connectivity index (χ2n) is 6.52. The van der Waals surface area contributed by atoms with Crippen LogP contribution in [0.15, 0.2) is 21.1 Å². The molecule has 0 aliphatic rings. The van der Waals surface area contributed by atoms with Gasteiger partial charge in [0.25, 0.3) is 0 Å². The molecule has 0 aliphatic heterocycles. The van der Waals surface area contributed by atoms with Gasteiger partial charge in [0.2, 0.25) is 0 Å². The summed E-state index contributed by atoms with van der Waals surface area (Å²) in [4.78, 5) is 23.9. The Labute approximate surface area is 153 Å². The van der Waals surface area contributed by atoms with Gasteiger partial charge in [-0.05, 0) is 55.8 Å². The molecule has 1 rings (SSSR count). The van der Waals surface area contributed by atoms with Gasteiger partial charge in [0.1, 0.15) is 6.10 Å². The number of ether oxygens (including phenoxy) is 1. The summed E-state index contributed by atoms with van der Waals surface area (Å²) in [6, 6.07) is 2.89. The number of carbonyl (C=O) groups is 2. The zero-order valence-corrected chi connectivity index (χ0v) is 17.0. The molecule has 0 heterocycles. The Morgan fingerprint density at radius 2 is 1.70 bits per heavy atom. The highest BCUT2D eigenvalue weighted by Crippen LogP contribution is 2.30. The molecule has 0 saturated carbocycles. The lowest BCUT2D eigenvalue weighted by molar-refractivity contribution is -0.00697. The summed E-state index contributed by atoms with van der Waals surface area (Å²) in [6.45, 7) is 8.11. The standard InChI is InChI=1S/C17H22Br2O4/c1-5-6-7-14(17(2,3)4)23-16(22)11-9-13(19)12(18)8-10(11)15(20)21/h8-9,14H,5-7H2,1-4H3,(H,20,21). The molecular formula is C17H22Br2O4. The molecule has 0 amide bonds. The van der Waals surface area contributed by atoms with E-state index in [4.69, 9.17) is 4.74 Å². The Balaban J connectivity index is 3.13. The normalized spacial score (nSPS) is 12.8. The van der Waals surface area contributed by atoms with Crippen molar-refractivity contribution < 1.29 is 19.4 Å². The Morgan fingerprint density at radius 3 is 2.13 bits per heavy atom. The van der Waals surface area contributed by atoms with E-state index in [1.165, 1.54) is 12.1 Å². The van der Waals surface area contributed by atoms with Gasteiger partial charge < -0.3 is 9.84 Å². The van der Waals surface area contributed by atoms with E-state index in [1.54, 1.807) is 0 Å². The SMILES string of the molecule is CCCCC(OC(=O)c1cc(Br)c(Br)cc1C(=O)O)C(C)(C)C. The Bertz CT molecular complexity index is 591. The van der Waals surface area contributed by atoms with Crippen molar-refractivity contribution in [2.45, 2.75) is 53.1 Å². The van der Waals surface area contributed by atoms with Gasteiger partial charge in [0, 0.05) is 8.95 Å². The fourth-order valence-electron chi connectivity index (χ4n) is 2.14. The molecule has 1 N–H and O–H groups in total. The smallest absolute Gasteiger partial charge is 0.339 e. The molecule has 0 bridgehead atoms. The minimum atomic E-state index is -1.16. The van der Waals surface area contributed by atoms with Gasteiger partial charge in [-0.1, -0.05) is 40.5 Å². The highest BCUT2D eigenvalue weighted by atomic mass is 79.9. The fourth-order valence-corrected chi connectivity index (χ4v) is 2.83. The summed E-state index contributed by atoms with van der Waals surface area (Å²) < 4.78 is 6.83. The predicted molar refractivity (Wildman–Crippen MR) is 97.0 cm³/mol. The van der Waals surface area contributed by atoms with Crippen LogP contribution in [0, 0.1) is 5.41 Å². The van der Waals surface area contributed by atoms with Crippen LogP contribution in [0.25, 0.3) is 0 Å². The molecule has 23 heavy (non-hydrogen) atoms. The summed E-state index contributed by atoms with van der Waals surface area (Å²) in [6.07, 6.45) is 2.45. The molecule has 0 spiro atoms. The van der Waals surface area contributed by atoms with Crippen LogP contribution in [-0.2, 0) is 4.74 Å². The minimum absolute atomic E-state index is 0.0540. The number of carboxylic acid groups (broad SMARTS) is 1. The van der Waals surface area contributed by atoms with Crippen molar-refractivity contribution in [1.29, 1.82) is 0 Å². The third-order valence-corrected chi connectivity index (χ3v) is 5.39. The highest BCUT2D eigenvalue weighted by molar-refractivity contribution is 9.13. The van der Waals surface area contributed by atoms with Crippen LogP contribution < -0.4 is 0 Å². The molecule has 1 unspecified atom stereocenters. The van der Waals surface area contributed by atoms with Crippen molar-refractivity contribution in [2.75, 3.05) is 0 Å². The number of aromatic carboxylic acids is 1. The maximum Gasteiger partial charge on any atom is 0.339 e. The maximum atomic E-state index is 12.5. The quantitative estimate of drug-likeness (QED) is 0.568. The van der Waals surface area contributed by atoms with Crippen molar-refractivity contribution in [1.82, 2.24) is 0 Å². The summed E-state index contributed by atoms with van der Waals surface area (Å²) >= 11 is 6.55. The van der Waals surface area contributed by atoms with E-state index in [9.17, 15) is 14.7 Å². The number of esters is 1. The first-order valence-electron chi connectivity index (χ1n) is 7.51. The number of carboxylic acids is 1. The molecule has 0 aliphatic carbocycles. The molecule has 1 aromatic rings. The van der Waals surface area contributed by atoms with Gasteiger partial charge in [-0.2, -0.15) is 0 Å². The van der Waals surface area contributed by atoms with Crippen molar-refractivity contribution >= 4 is 43.8 Å². The Hall–Kier alpha value is -0.880. The van der Waals surface area contributed by atoms with E-state index < -0.39 is 11.9 Å². The molecule has 1 atom stereocenters. The van der Waals surface area contributed by atoms with Crippen LogP contribution in [0.1, 0.15) is 67.7 Å². The van der Waals surface area contributed by atoms with E-state index in [0.29, 0.717) is 8.95 Å². The first kappa shape index (κ1) is 20.2. The van der Waals surface area contributed by atoms with Gasteiger partial charge >= 0.3 is 11.9 Å².